The van der Waals surface area contributed by atoms with Crippen LogP contribution in [-0.2, 0) is 0 Å². The van der Waals surface area contributed by atoms with Crippen LogP contribution in [0.25, 0.3) is 11.3 Å². The molecule has 1 aromatic carbocycles. The molecule has 0 unspecified atom stereocenters. The lowest BCUT2D eigenvalue weighted by atomic mass is 10.1. The summed E-state index contributed by atoms with van der Waals surface area (Å²) >= 11 is 0. The maximum absolute atomic E-state index is 14.2. The van der Waals surface area contributed by atoms with Gasteiger partial charge in [0, 0.05) is 12.3 Å². The number of ether oxygens (including phenoxy) is 1. The lowest BCUT2D eigenvalue weighted by Crippen LogP contribution is -2.16. The van der Waals surface area contributed by atoms with Gasteiger partial charge in [0.2, 0.25) is 0 Å². The molecular formula is C21H19F3N4O2. The summed E-state index contributed by atoms with van der Waals surface area (Å²) in [6.45, 7) is 1.18. The van der Waals surface area contributed by atoms with Crippen LogP contribution in [0.4, 0.5) is 18.9 Å². The summed E-state index contributed by atoms with van der Waals surface area (Å²) in [6.07, 6.45) is 3.66. The summed E-state index contributed by atoms with van der Waals surface area (Å²) in [5, 5.41) is 5.58. The van der Waals surface area contributed by atoms with Crippen molar-refractivity contribution < 1.29 is 22.7 Å². The average Bonchev–Trinajstić information content (AvgIpc) is 2.73. The van der Waals surface area contributed by atoms with Crippen LogP contribution in [-0.4, -0.2) is 36.1 Å². The Bertz CT molecular complexity index is 1030. The number of aromatic nitrogens is 2. The molecule has 0 aliphatic carbocycles. The molecule has 2 aromatic heterocycles. The van der Waals surface area contributed by atoms with Gasteiger partial charge < -0.3 is 15.4 Å². The van der Waals surface area contributed by atoms with Gasteiger partial charge in [0.05, 0.1) is 18.4 Å². The average molecular weight is 416 g/mol. The van der Waals surface area contributed by atoms with E-state index in [9.17, 15) is 18.0 Å². The number of benzene rings is 1. The van der Waals surface area contributed by atoms with Gasteiger partial charge in [0.25, 0.3) is 5.91 Å². The van der Waals surface area contributed by atoms with E-state index in [4.69, 9.17) is 4.74 Å². The molecule has 3 aromatic rings. The lowest BCUT2D eigenvalue weighted by molar-refractivity contribution is 0.102. The fraction of sp³-hybridized carbons (Fsp3) is 0.190. The zero-order valence-corrected chi connectivity index (χ0v) is 16.1. The third kappa shape index (κ3) is 4.93. The quantitative estimate of drug-likeness (QED) is 0.547. The number of carbonyl (C=O) groups is 1. The SMILES string of the molecule is CNCCCOc1ccncc1NC(=O)c1ccc(F)c(-c2c(F)cccc2F)n1. The molecular weight excluding hydrogens is 397 g/mol. The molecule has 0 aliphatic rings. The molecule has 0 saturated heterocycles. The van der Waals surface area contributed by atoms with Crippen LogP contribution in [0.15, 0.2) is 48.8 Å². The largest absolute Gasteiger partial charge is 0.491 e. The van der Waals surface area contributed by atoms with E-state index in [1.54, 1.807) is 6.07 Å². The Morgan fingerprint density at radius 2 is 1.83 bits per heavy atom. The summed E-state index contributed by atoms with van der Waals surface area (Å²) in [6, 6.07) is 6.77. The monoisotopic (exact) mass is 416 g/mol. The summed E-state index contributed by atoms with van der Waals surface area (Å²) in [4.78, 5) is 20.4. The van der Waals surface area contributed by atoms with E-state index in [2.05, 4.69) is 20.6 Å². The Balaban J connectivity index is 1.84. The smallest absolute Gasteiger partial charge is 0.274 e. The molecule has 156 valence electrons. The zero-order valence-electron chi connectivity index (χ0n) is 16.1. The minimum absolute atomic E-state index is 0.223. The van der Waals surface area contributed by atoms with Gasteiger partial charge in [-0.25, -0.2) is 18.2 Å². The van der Waals surface area contributed by atoms with E-state index in [0.717, 1.165) is 43.3 Å². The van der Waals surface area contributed by atoms with Crippen LogP contribution in [0.3, 0.4) is 0 Å². The predicted octanol–water partition coefficient (Wildman–Crippen LogP) is 3.80. The molecule has 6 nitrogen and oxygen atoms in total. The lowest BCUT2D eigenvalue weighted by Gasteiger charge is -2.12. The van der Waals surface area contributed by atoms with Crippen molar-refractivity contribution in [1.82, 2.24) is 15.3 Å². The van der Waals surface area contributed by atoms with Crippen molar-refractivity contribution >= 4 is 11.6 Å². The minimum atomic E-state index is -0.983. The summed E-state index contributed by atoms with van der Waals surface area (Å²) in [5.41, 5.74) is -1.16. The van der Waals surface area contributed by atoms with E-state index in [1.165, 1.54) is 12.4 Å². The predicted molar refractivity (Wildman–Crippen MR) is 106 cm³/mol. The van der Waals surface area contributed by atoms with Gasteiger partial charge in [-0.15, -0.1) is 0 Å². The van der Waals surface area contributed by atoms with Crippen molar-refractivity contribution in [3.05, 3.63) is 71.9 Å². The number of pyridine rings is 2. The van der Waals surface area contributed by atoms with Crippen molar-refractivity contribution in [3.8, 4) is 17.0 Å². The number of hydrogen-bond donors (Lipinski definition) is 2. The highest BCUT2D eigenvalue weighted by molar-refractivity contribution is 6.03. The van der Waals surface area contributed by atoms with Gasteiger partial charge in [-0.05, 0) is 44.3 Å². The van der Waals surface area contributed by atoms with Gasteiger partial charge in [-0.1, -0.05) is 6.07 Å². The second kappa shape index (κ2) is 9.84. The molecule has 0 radical (unpaired) electrons. The Hall–Kier alpha value is -3.46. The van der Waals surface area contributed by atoms with Crippen molar-refractivity contribution in [1.29, 1.82) is 0 Å². The number of halogens is 3. The molecule has 0 fully saturated rings. The first-order valence-electron chi connectivity index (χ1n) is 9.15. The summed E-state index contributed by atoms with van der Waals surface area (Å²) < 4.78 is 47.9. The molecule has 3 rings (SSSR count). The van der Waals surface area contributed by atoms with E-state index < -0.39 is 34.6 Å². The van der Waals surface area contributed by atoms with Crippen molar-refractivity contribution in [2.24, 2.45) is 0 Å². The Kier molecular flexibility index (Phi) is 6.97. The fourth-order valence-corrected chi connectivity index (χ4v) is 2.69. The van der Waals surface area contributed by atoms with Crippen LogP contribution in [0, 0.1) is 17.5 Å². The zero-order chi connectivity index (χ0) is 21.5. The molecule has 9 heteroatoms. The van der Waals surface area contributed by atoms with Crippen LogP contribution < -0.4 is 15.4 Å². The van der Waals surface area contributed by atoms with Crippen LogP contribution in [0.5, 0.6) is 5.75 Å². The molecule has 0 bridgehead atoms. The van der Waals surface area contributed by atoms with Crippen LogP contribution in [0.1, 0.15) is 16.9 Å². The molecule has 0 saturated carbocycles. The van der Waals surface area contributed by atoms with Gasteiger partial charge in [-0.2, -0.15) is 0 Å². The highest BCUT2D eigenvalue weighted by atomic mass is 19.1. The molecule has 0 aliphatic heterocycles. The third-order valence-electron chi connectivity index (χ3n) is 4.14. The number of hydrogen-bond acceptors (Lipinski definition) is 5. The van der Waals surface area contributed by atoms with Crippen molar-refractivity contribution in [2.75, 3.05) is 25.5 Å². The van der Waals surface area contributed by atoms with Gasteiger partial charge >= 0.3 is 0 Å². The third-order valence-corrected chi connectivity index (χ3v) is 4.14. The number of amides is 1. The maximum atomic E-state index is 14.2. The fourth-order valence-electron chi connectivity index (χ4n) is 2.69. The van der Waals surface area contributed by atoms with E-state index >= 15 is 0 Å². The van der Waals surface area contributed by atoms with E-state index in [1.807, 2.05) is 7.05 Å². The Labute approximate surface area is 171 Å². The van der Waals surface area contributed by atoms with E-state index in [0.29, 0.717) is 12.4 Å². The normalized spacial score (nSPS) is 10.7. The van der Waals surface area contributed by atoms with E-state index in [-0.39, 0.29) is 11.4 Å². The first-order chi connectivity index (χ1) is 14.5. The minimum Gasteiger partial charge on any atom is -0.491 e. The molecule has 30 heavy (non-hydrogen) atoms. The maximum Gasteiger partial charge on any atom is 0.274 e. The standard InChI is InChI=1S/C21H19F3N4O2/c1-25-9-3-11-30-18-8-10-26-12-17(18)28-21(29)16-7-6-15(24)20(27-16)19-13(22)4-2-5-14(19)23/h2,4-8,10,12,25H,3,9,11H2,1H3,(H,28,29). The van der Waals surface area contributed by atoms with Crippen LogP contribution in [0.2, 0.25) is 0 Å². The summed E-state index contributed by atoms with van der Waals surface area (Å²) in [5.74, 6) is -3.23. The molecule has 1 amide bonds. The molecule has 2 heterocycles. The molecule has 0 atom stereocenters. The second-order valence-electron chi connectivity index (χ2n) is 6.26. The number of carbonyl (C=O) groups excluding carboxylic acids is 1. The van der Waals surface area contributed by atoms with Crippen molar-refractivity contribution in [2.45, 2.75) is 6.42 Å². The molecule has 0 spiro atoms. The van der Waals surface area contributed by atoms with Gasteiger partial charge in [-0.3, -0.25) is 9.78 Å². The Morgan fingerprint density at radius 1 is 1.07 bits per heavy atom. The molecule has 2 N–H and O–H groups in total. The highest BCUT2D eigenvalue weighted by Gasteiger charge is 2.20. The summed E-state index contributed by atoms with van der Waals surface area (Å²) in [7, 11) is 1.83. The van der Waals surface area contributed by atoms with Gasteiger partial charge in [0.15, 0.2) is 0 Å². The number of anilines is 1. The number of rotatable bonds is 8. The number of nitrogens with one attached hydrogen (secondary N) is 2. The first kappa shape index (κ1) is 21.3. The van der Waals surface area contributed by atoms with Gasteiger partial charge in [0.1, 0.15) is 40.3 Å². The van der Waals surface area contributed by atoms with Crippen molar-refractivity contribution in [3.63, 3.8) is 0 Å². The first-order valence-corrected chi connectivity index (χ1v) is 9.15. The van der Waals surface area contributed by atoms with Crippen LogP contribution >= 0.6 is 0 Å². The second-order valence-corrected chi connectivity index (χ2v) is 6.26. The topological polar surface area (TPSA) is 76.1 Å². The number of nitrogens with zero attached hydrogens (tertiary/aromatic N) is 2. The highest BCUT2D eigenvalue weighted by Crippen LogP contribution is 2.28. The Morgan fingerprint density at radius 3 is 2.57 bits per heavy atom.